The van der Waals surface area contributed by atoms with Crippen molar-refractivity contribution in [3.8, 4) is 22.3 Å². The van der Waals surface area contributed by atoms with Gasteiger partial charge in [0.05, 0.1) is 0 Å². The zero-order valence-electron chi connectivity index (χ0n) is 16.7. The molecule has 29 heavy (non-hydrogen) atoms. The van der Waals surface area contributed by atoms with Crippen molar-refractivity contribution in [2.75, 3.05) is 0 Å². The molecule has 0 fully saturated rings. The predicted molar refractivity (Wildman–Crippen MR) is 124 cm³/mol. The normalized spacial score (nSPS) is 14.1. The Hall–Kier alpha value is -3.38. The molecular weight excluding hydrogens is 348 g/mol. The van der Waals surface area contributed by atoms with E-state index in [-0.39, 0.29) is 5.41 Å². The summed E-state index contributed by atoms with van der Waals surface area (Å²) in [5, 5.41) is 5.20. The highest BCUT2D eigenvalue weighted by Gasteiger charge is 2.35. The lowest BCUT2D eigenvalue weighted by molar-refractivity contribution is 0.660. The maximum Gasteiger partial charge on any atom is 0.0159 e. The summed E-state index contributed by atoms with van der Waals surface area (Å²) >= 11 is 0. The van der Waals surface area contributed by atoms with E-state index in [0.717, 1.165) is 0 Å². The lowest BCUT2D eigenvalue weighted by Crippen LogP contribution is -2.14. The summed E-state index contributed by atoms with van der Waals surface area (Å²) in [4.78, 5) is 0. The Morgan fingerprint density at radius 2 is 1.14 bits per heavy atom. The van der Waals surface area contributed by atoms with Gasteiger partial charge in [0.2, 0.25) is 0 Å². The van der Waals surface area contributed by atoms with Crippen LogP contribution in [0.5, 0.6) is 0 Å². The van der Waals surface area contributed by atoms with Gasteiger partial charge in [0.25, 0.3) is 0 Å². The van der Waals surface area contributed by atoms with Crippen molar-refractivity contribution >= 4 is 21.5 Å². The molecule has 0 bridgehead atoms. The molecule has 0 N–H and O–H groups in total. The Labute approximate surface area is 171 Å². The van der Waals surface area contributed by atoms with Gasteiger partial charge in [0, 0.05) is 5.41 Å². The van der Waals surface area contributed by atoms with Gasteiger partial charge in [-0.2, -0.15) is 0 Å². The van der Waals surface area contributed by atoms with Crippen molar-refractivity contribution in [1.82, 2.24) is 0 Å². The summed E-state index contributed by atoms with van der Waals surface area (Å²) in [7, 11) is 0. The van der Waals surface area contributed by atoms with Gasteiger partial charge in [-0.15, -0.1) is 0 Å². The first-order valence-electron chi connectivity index (χ1n) is 10.3. The molecule has 1 aliphatic rings. The van der Waals surface area contributed by atoms with Gasteiger partial charge in [-0.1, -0.05) is 92.7 Å². The van der Waals surface area contributed by atoms with Crippen LogP contribution in [0, 0.1) is 0 Å². The third-order valence-corrected chi connectivity index (χ3v) is 6.64. The third-order valence-electron chi connectivity index (χ3n) is 6.64. The maximum atomic E-state index is 2.42. The van der Waals surface area contributed by atoms with Crippen LogP contribution >= 0.6 is 0 Å². The van der Waals surface area contributed by atoms with Gasteiger partial charge in [-0.25, -0.2) is 0 Å². The first kappa shape index (κ1) is 16.6. The second kappa shape index (κ2) is 5.81. The lowest BCUT2D eigenvalue weighted by atomic mass is 9.81. The van der Waals surface area contributed by atoms with Crippen LogP contribution in [0.1, 0.15) is 25.0 Å². The third kappa shape index (κ3) is 2.32. The molecule has 0 saturated heterocycles. The van der Waals surface area contributed by atoms with Gasteiger partial charge in [-0.05, 0) is 73.1 Å². The minimum atomic E-state index is 0.0270. The van der Waals surface area contributed by atoms with E-state index in [9.17, 15) is 0 Å². The molecule has 0 unspecified atom stereocenters. The van der Waals surface area contributed by atoms with Crippen LogP contribution < -0.4 is 0 Å². The van der Waals surface area contributed by atoms with Gasteiger partial charge >= 0.3 is 0 Å². The van der Waals surface area contributed by atoms with Crippen LogP contribution in [0.4, 0.5) is 0 Å². The van der Waals surface area contributed by atoms with Crippen LogP contribution in [0.15, 0.2) is 97.1 Å². The highest BCUT2D eigenvalue weighted by atomic mass is 14.4. The first-order valence-corrected chi connectivity index (χ1v) is 10.3. The second-order valence-electron chi connectivity index (χ2n) is 8.66. The highest BCUT2D eigenvalue weighted by Crippen LogP contribution is 2.49. The van der Waals surface area contributed by atoms with Crippen LogP contribution in [-0.4, -0.2) is 0 Å². The van der Waals surface area contributed by atoms with Crippen molar-refractivity contribution in [2.24, 2.45) is 0 Å². The Bertz CT molecular complexity index is 1420. The fourth-order valence-corrected chi connectivity index (χ4v) is 5.09. The first-order chi connectivity index (χ1) is 14.1. The number of rotatable bonds is 1. The summed E-state index contributed by atoms with van der Waals surface area (Å²) in [6.07, 6.45) is 0. The molecule has 1 aliphatic carbocycles. The van der Waals surface area contributed by atoms with Gasteiger partial charge < -0.3 is 0 Å². The van der Waals surface area contributed by atoms with Crippen molar-refractivity contribution in [3.05, 3.63) is 108 Å². The molecule has 0 amide bonds. The average molecular weight is 370 g/mol. The molecule has 138 valence electrons. The van der Waals surface area contributed by atoms with E-state index >= 15 is 0 Å². The fraction of sp³-hybridized carbons (Fsp3) is 0.103. The topological polar surface area (TPSA) is 0 Å². The highest BCUT2D eigenvalue weighted by molar-refractivity contribution is 6.05. The molecule has 6 rings (SSSR count). The number of hydrogen-bond donors (Lipinski definition) is 0. The fourth-order valence-electron chi connectivity index (χ4n) is 5.09. The van der Waals surface area contributed by atoms with Crippen LogP contribution in [0.2, 0.25) is 0 Å². The van der Waals surface area contributed by atoms with Gasteiger partial charge in [0.1, 0.15) is 0 Å². The van der Waals surface area contributed by atoms with Crippen molar-refractivity contribution in [2.45, 2.75) is 19.3 Å². The van der Waals surface area contributed by atoms with E-state index < -0.39 is 0 Å². The number of hydrogen-bond acceptors (Lipinski definition) is 0. The molecule has 0 aromatic heterocycles. The molecule has 0 spiro atoms. The largest absolute Gasteiger partial charge is 0.0619 e. The van der Waals surface area contributed by atoms with Crippen molar-refractivity contribution in [1.29, 1.82) is 0 Å². The van der Waals surface area contributed by atoms with E-state index in [0.29, 0.717) is 0 Å². The molecule has 0 aliphatic heterocycles. The van der Waals surface area contributed by atoms with E-state index in [4.69, 9.17) is 0 Å². The van der Waals surface area contributed by atoms with E-state index in [1.165, 1.54) is 54.9 Å². The smallest absolute Gasteiger partial charge is 0.0159 e. The molecule has 0 radical (unpaired) electrons. The second-order valence-corrected chi connectivity index (χ2v) is 8.66. The Morgan fingerprint density at radius 3 is 2.00 bits per heavy atom. The lowest BCUT2D eigenvalue weighted by Gasteiger charge is -2.22. The van der Waals surface area contributed by atoms with Crippen molar-refractivity contribution in [3.63, 3.8) is 0 Å². The van der Waals surface area contributed by atoms with Crippen LogP contribution in [0.25, 0.3) is 43.8 Å². The number of benzene rings is 5. The number of fused-ring (bicyclic) bond motifs is 5. The van der Waals surface area contributed by atoms with Gasteiger partial charge in [0.15, 0.2) is 0 Å². The average Bonchev–Trinajstić information content (AvgIpc) is 2.99. The molecule has 5 aromatic carbocycles. The van der Waals surface area contributed by atoms with E-state index in [1.54, 1.807) is 0 Å². The molecule has 0 heteroatoms. The van der Waals surface area contributed by atoms with E-state index in [2.05, 4.69) is 111 Å². The van der Waals surface area contributed by atoms with E-state index in [1.807, 2.05) is 0 Å². The summed E-state index contributed by atoms with van der Waals surface area (Å²) in [6.45, 7) is 4.69. The Kier molecular flexibility index (Phi) is 3.32. The summed E-state index contributed by atoms with van der Waals surface area (Å²) in [5.74, 6) is 0. The monoisotopic (exact) mass is 370 g/mol. The molecule has 0 heterocycles. The quantitative estimate of drug-likeness (QED) is 0.262. The summed E-state index contributed by atoms with van der Waals surface area (Å²) in [6, 6.07) is 35.8. The molecule has 0 atom stereocenters. The minimum absolute atomic E-state index is 0.0270. The maximum absolute atomic E-state index is 2.42. The molecule has 0 saturated carbocycles. The summed E-state index contributed by atoms with van der Waals surface area (Å²) in [5.41, 5.74) is 8.24. The molecular formula is C29H22. The SMILES string of the molecule is CC1(C)c2ccccc2-c2ccc(-c3cccc4cc5ccccc5cc34)cc21. The molecule has 5 aromatic rings. The summed E-state index contributed by atoms with van der Waals surface area (Å²) < 4.78 is 0. The Balaban J connectivity index is 1.60. The zero-order valence-corrected chi connectivity index (χ0v) is 16.7. The van der Waals surface area contributed by atoms with Crippen molar-refractivity contribution < 1.29 is 0 Å². The van der Waals surface area contributed by atoms with Crippen LogP contribution in [-0.2, 0) is 5.41 Å². The molecule has 0 nitrogen and oxygen atoms in total. The minimum Gasteiger partial charge on any atom is -0.0619 e. The zero-order chi connectivity index (χ0) is 19.6. The Morgan fingerprint density at radius 1 is 0.483 bits per heavy atom. The van der Waals surface area contributed by atoms with Crippen LogP contribution in [0.3, 0.4) is 0 Å². The predicted octanol–water partition coefficient (Wildman–Crippen LogP) is 7.97. The van der Waals surface area contributed by atoms with Gasteiger partial charge in [-0.3, -0.25) is 0 Å². The standard InChI is InChI=1S/C29H22/c1-29(2)27-13-6-5-11-24(27)25-15-14-22(18-28(25)29)23-12-7-10-21-16-19-8-3-4-9-20(19)17-26(21)23/h3-18H,1-2H3.